The third-order valence-corrected chi connectivity index (χ3v) is 3.17. The van der Waals surface area contributed by atoms with Gasteiger partial charge in [-0.3, -0.25) is 4.79 Å². The predicted octanol–water partition coefficient (Wildman–Crippen LogP) is 4.14. The molecule has 0 radical (unpaired) electrons. The van der Waals surface area contributed by atoms with E-state index in [-0.39, 0.29) is 11.3 Å². The molecule has 0 saturated heterocycles. The van der Waals surface area contributed by atoms with E-state index in [4.69, 9.17) is 0 Å². The molecule has 1 N–H and O–H groups in total. The van der Waals surface area contributed by atoms with Gasteiger partial charge in [-0.1, -0.05) is 12.1 Å². The van der Waals surface area contributed by atoms with Gasteiger partial charge in [0.1, 0.15) is 5.75 Å². The summed E-state index contributed by atoms with van der Waals surface area (Å²) in [5, 5.41) is 2.63. The normalized spacial score (nSPS) is 10.4. The number of para-hydroxylation sites is 1. The van der Waals surface area contributed by atoms with Crippen molar-refractivity contribution in [2.45, 2.75) is 6.61 Å². The summed E-state index contributed by atoms with van der Waals surface area (Å²) < 4.78 is 29.9. The molecule has 104 valence electrons. The summed E-state index contributed by atoms with van der Waals surface area (Å²) >= 11 is 2.14. The number of carbonyl (C=O) groups excluding carboxylic acids is 1. The van der Waals surface area contributed by atoms with Gasteiger partial charge in [0, 0.05) is 9.26 Å². The Morgan fingerprint density at radius 2 is 1.75 bits per heavy atom. The van der Waals surface area contributed by atoms with Crippen LogP contribution in [0.1, 0.15) is 10.4 Å². The molecule has 0 atom stereocenters. The summed E-state index contributed by atoms with van der Waals surface area (Å²) in [6.45, 7) is -2.97. The third kappa shape index (κ3) is 3.89. The number of hydrogen-bond donors (Lipinski definition) is 1. The Morgan fingerprint density at radius 3 is 2.40 bits per heavy atom. The molecule has 0 fully saturated rings. The van der Waals surface area contributed by atoms with Crippen molar-refractivity contribution in [2.75, 3.05) is 5.32 Å². The Kier molecular flexibility index (Phi) is 4.89. The van der Waals surface area contributed by atoms with Gasteiger partial charge >= 0.3 is 6.61 Å². The van der Waals surface area contributed by atoms with E-state index < -0.39 is 12.5 Å². The highest BCUT2D eigenvalue weighted by molar-refractivity contribution is 14.1. The van der Waals surface area contributed by atoms with E-state index in [0.29, 0.717) is 5.69 Å². The maximum Gasteiger partial charge on any atom is 0.387 e. The summed E-state index contributed by atoms with van der Waals surface area (Å²) in [6, 6.07) is 13.0. The fraction of sp³-hybridized carbons (Fsp3) is 0.0714. The standard InChI is InChI=1S/C14H10F2INO2/c15-14(16)20-12-4-2-1-3-11(12)13(19)18-10-7-5-9(17)6-8-10/h1-8,14H,(H,18,19). The van der Waals surface area contributed by atoms with Gasteiger partial charge in [-0.25, -0.2) is 0 Å². The number of anilines is 1. The largest absolute Gasteiger partial charge is 0.434 e. The lowest BCUT2D eigenvalue weighted by Gasteiger charge is -2.10. The van der Waals surface area contributed by atoms with Crippen LogP contribution < -0.4 is 10.1 Å². The summed E-state index contributed by atoms with van der Waals surface area (Å²) in [5.74, 6) is -0.645. The quantitative estimate of drug-likeness (QED) is 0.799. The van der Waals surface area contributed by atoms with E-state index in [1.54, 1.807) is 18.2 Å². The van der Waals surface area contributed by atoms with Crippen LogP contribution >= 0.6 is 22.6 Å². The summed E-state index contributed by atoms with van der Waals surface area (Å²) in [5.41, 5.74) is 0.647. The highest BCUT2D eigenvalue weighted by Gasteiger charge is 2.15. The molecule has 2 aromatic carbocycles. The number of benzene rings is 2. The summed E-state index contributed by atoms with van der Waals surface area (Å²) in [7, 11) is 0. The minimum atomic E-state index is -2.97. The van der Waals surface area contributed by atoms with Crippen LogP contribution in [-0.4, -0.2) is 12.5 Å². The lowest BCUT2D eigenvalue weighted by molar-refractivity contribution is -0.0501. The van der Waals surface area contributed by atoms with Gasteiger partial charge in [0.05, 0.1) is 5.56 Å². The van der Waals surface area contributed by atoms with E-state index in [1.165, 1.54) is 18.2 Å². The zero-order chi connectivity index (χ0) is 14.5. The van der Waals surface area contributed by atoms with Crippen LogP contribution in [-0.2, 0) is 0 Å². The van der Waals surface area contributed by atoms with Crippen molar-refractivity contribution in [3.05, 3.63) is 57.7 Å². The maximum absolute atomic E-state index is 12.3. The molecule has 0 heterocycles. The van der Waals surface area contributed by atoms with Gasteiger partial charge < -0.3 is 10.1 Å². The van der Waals surface area contributed by atoms with Crippen molar-refractivity contribution in [3.8, 4) is 5.75 Å². The van der Waals surface area contributed by atoms with Crippen LogP contribution in [0.4, 0.5) is 14.5 Å². The van der Waals surface area contributed by atoms with Crippen LogP contribution in [0.5, 0.6) is 5.75 Å². The molecular formula is C14H10F2INO2. The second-order valence-corrected chi connectivity index (χ2v) is 5.08. The fourth-order valence-electron chi connectivity index (χ4n) is 1.58. The molecule has 2 rings (SSSR count). The van der Waals surface area contributed by atoms with E-state index >= 15 is 0 Å². The average Bonchev–Trinajstić information content (AvgIpc) is 2.41. The van der Waals surface area contributed by atoms with Gasteiger partial charge in [-0.2, -0.15) is 8.78 Å². The van der Waals surface area contributed by atoms with Crippen molar-refractivity contribution in [1.82, 2.24) is 0 Å². The molecule has 0 unspecified atom stereocenters. The maximum atomic E-state index is 12.3. The minimum Gasteiger partial charge on any atom is -0.434 e. The Balaban J connectivity index is 2.18. The van der Waals surface area contributed by atoms with Crippen LogP contribution in [0.25, 0.3) is 0 Å². The first kappa shape index (κ1) is 14.7. The van der Waals surface area contributed by atoms with Crippen molar-refractivity contribution in [2.24, 2.45) is 0 Å². The molecule has 0 aromatic heterocycles. The number of halogens is 3. The molecular weight excluding hydrogens is 379 g/mol. The van der Waals surface area contributed by atoms with Crippen LogP contribution in [0.3, 0.4) is 0 Å². The molecule has 0 aliphatic rings. The van der Waals surface area contributed by atoms with Crippen molar-refractivity contribution < 1.29 is 18.3 Å². The fourth-order valence-corrected chi connectivity index (χ4v) is 1.94. The summed E-state index contributed by atoms with van der Waals surface area (Å²) in [6.07, 6.45) is 0. The van der Waals surface area contributed by atoms with Gasteiger partial charge in [0.15, 0.2) is 0 Å². The van der Waals surface area contributed by atoms with Crippen molar-refractivity contribution in [3.63, 3.8) is 0 Å². The molecule has 0 spiro atoms. The molecule has 0 saturated carbocycles. The Bertz CT molecular complexity index is 602. The van der Waals surface area contributed by atoms with Gasteiger partial charge in [0.25, 0.3) is 5.91 Å². The Labute approximate surface area is 128 Å². The van der Waals surface area contributed by atoms with E-state index in [9.17, 15) is 13.6 Å². The first-order valence-corrected chi connectivity index (χ1v) is 6.75. The smallest absolute Gasteiger partial charge is 0.387 e. The molecule has 0 aliphatic heterocycles. The molecule has 2 aromatic rings. The zero-order valence-electron chi connectivity index (χ0n) is 10.1. The van der Waals surface area contributed by atoms with Gasteiger partial charge in [-0.15, -0.1) is 0 Å². The predicted molar refractivity (Wildman–Crippen MR) is 80.2 cm³/mol. The molecule has 1 amide bonds. The lowest BCUT2D eigenvalue weighted by atomic mass is 10.2. The molecule has 0 aliphatic carbocycles. The number of ether oxygens (including phenoxy) is 1. The Hall–Kier alpha value is -1.70. The number of carbonyl (C=O) groups is 1. The second kappa shape index (κ2) is 6.65. The van der Waals surface area contributed by atoms with E-state index in [0.717, 1.165) is 3.57 Å². The first-order valence-electron chi connectivity index (χ1n) is 5.67. The van der Waals surface area contributed by atoms with Gasteiger partial charge in [-0.05, 0) is 59.0 Å². The average molecular weight is 389 g/mol. The third-order valence-electron chi connectivity index (χ3n) is 2.45. The highest BCUT2D eigenvalue weighted by atomic mass is 127. The number of rotatable bonds is 4. The van der Waals surface area contributed by atoms with Crippen molar-refractivity contribution in [1.29, 1.82) is 0 Å². The van der Waals surface area contributed by atoms with E-state index in [1.807, 2.05) is 12.1 Å². The van der Waals surface area contributed by atoms with Crippen LogP contribution in [0.2, 0.25) is 0 Å². The van der Waals surface area contributed by atoms with Gasteiger partial charge in [0.2, 0.25) is 0 Å². The lowest BCUT2D eigenvalue weighted by Crippen LogP contribution is -2.14. The van der Waals surface area contributed by atoms with Crippen LogP contribution in [0, 0.1) is 3.57 Å². The number of hydrogen-bond acceptors (Lipinski definition) is 2. The molecule has 6 heteroatoms. The highest BCUT2D eigenvalue weighted by Crippen LogP contribution is 2.21. The molecule has 0 bridgehead atoms. The zero-order valence-corrected chi connectivity index (χ0v) is 12.3. The second-order valence-electron chi connectivity index (χ2n) is 3.84. The first-order chi connectivity index (χ1) is 9.56. The van der Waals surface area contributed by atoms with Crippen molar-refractivity contribution >= 4 is 34.2 Å². The minimum absolute atomic E-state index is 0.0614. The SMILES string of the molecule is O=C(Nc1ccc(I)cc1)c1ccccc1OC(F)F. The Morgan fingerprint density at radius 1 is 1.10 bits per heavy atom. The number of alkyl halides is 2. The van der Waals surface area contributed by atoms with Crippen LogP contribution in [0.15, 0.2) is 48.5 Å². The van der Waals surface area contributed by atoms with E-state index in [2.05, 4.69) is 32.6 Å². The summed E-state index contributed by atoms with van der Waals surface area (Å²) in [4.78, 5) is 12.1. The number of nitrogens with one attached hydrogen (secondary N) is 1. The monoisotopic (exact) mass is 389 g/mol. The molecule has 3 nitrogen and oxygen atoms in total. The molecule has 20 heavy (non-hydrogen) atoms. The number of amides is 1. The topological polar surface area (TPSA) is 38.3 Å².